The Labute approximate surface area is 185 Å². The molecular formula is C27H25NO2S. The van der Waals surface area contributed by atoms with Crippen molar-refractivity contribution in [3.8, 4) is 5.75 Å². The number of hydrogen-bond acceptors (Lipinski definition) is 3. The fourth-order valence-electron chi connectivity index (χ4n) is 3.94. The summed E-state index contributed by atoms with van der Waals surface area (Å²) in [6, 6.07) is 23.9. The van der Waals surface area contributed by atoms with Crippen LogP contribution in [0.4, 0.5) is 5.69 Å². The number of fused-ring (bicyclic) bond motifs is 1. The molecule has 0 aromatic heterocycles. The van der Waals surface area contributed by atoms with E-state index in [4.69, 9.17) is 4.74 Å². The summed E-state index contributed by atoms with van der Waals surface area (Å²) in [6.45, 7) is 6.13. The zero-order valence-corrected chi connectivity index (χ0v) is 19.0. The first kappa shape index (κ1) is 21.0. The number of aryl methyl sites for hydroxylation is 3. The number of aliphatic imine (C=N–C) groups is 1. The fraction of sp³-hybridized carbons (Fsp3) is 0.148. The summed E-state index contributed by atoms with van der Waals surface area (Å²) in [6.07, 6.45) is 1.81. The molecule has 0 bridgehead atoms. The highest BCUT2D eigenvalue weighted by Gasteiger charge is 2.19. The summed E-state index contributed by atoms with van der Waals surface area (Å²) in [4.78, 5) is 6.31. The molecule has 0 N–H and O–H groups in total. The first-order valence-corrected chi connectivity index (χ1v) is 11.3. The maximum absolute atomic E-state index is 14.0. The molecule has 31 heavy (non-hydrogen) atoms. The summed E-state index contributed by atoms with van der Waals surface area (Å²) in [7, 11) is 0.304. The molecule has 4 aromatic carbocycles. The van der Waals surface area contributed by atoms with Gasteiger partial charge in [0.2, 0.25) is 0 Å². The molecule has 0 spiro atoms. The number of benzene rings is 4. The van der Waals surface area contributed by atoms with E-state index in [0.717, 1.165) is 48.7 Å². The molecule has 0 aliphatic carbocycles. The van der Waals surface area contributed by atoms with Gasteiger partial charge in [0.15, 0.2) is 0 Å². The average molecular weight is 428 g/mol. The summed E-state index contributed by atoms with van der Waals surface area (Å²) < 4.78 is 19.2. The van der Waals surface area contributed by atoms with Gasteiger partial charge in [0.1, 0.15) is 5.75 Å². The third kappa shape index (κ3) is 4.30. The Morgan fingerprint density at radius 3 is 2.19 bits per heavy atom. The first-order valence-electron chi connectivity index (χ1n) is 10.2. The highest BCUT2D eigenvalue weighted by atomic mass is 32.2. The predicted octanol–water partition coefficient (Wildman–Crippen LogP) is 6.69. The number of hydrogen-bond donors (Lipinski definition) is 0. The van der Waals surface area contributed by atoms with Crippen molar-refractivity contribution in [1.29, 1.82) is 0 Å². The molecule has 4 aromatic rings. The van der Waals surface area contributed by atoms with Gasteiger partial charge in [-0.3, -0.25) is 4.99 Å². The summed E-state index contributed by atoms with van der Waals surface area (Å²) in [5.74, 6) is 0.789. The Balaban J connectivity index is 1.86. The Bertz CT molecular complexity index is 1280. The van der Waals surface area contributed by atoms with Crippen molar-refractivity contribution in [2.45, 2.75) is 30.6 Å². The first-order chi connectivity index (χ1) is 15.0. The number of nitrogens with zero attached hydrogens (tertiary/aromatic N) is 1. The minimum Gasteiger partial charge on any atom is -0.497 e. The van der Waals surface area contributed by atoms with E-state index in [9.17, 15) is 4.21 Å². The minimum absolute atomic E-state index is 0.789. The normalized spacial score (nSPS) is 12.4. The van der Waals surface area contributed by atoms with E-state index in [1.54, 1.807) is 13.3 Å². The van der Waals surface area contributed by atoms with Crippen molar-refractivity contribution >= 4 is 33.5 Å². The van der Waals surface area contributed by atoms with Crippen LogP contribution in [0.1, 0.15) is 22.3 Å². The summed E-state index contributed by atoms with van der Waals surface area (Å²) >= 11 is 0. The van der Waals surface area contributed by atoms with E-state index in [0.29, 0.717) is 0 Å². The van der Waals surface area contributed by atoms with Crippen molar-refractivity contribution in [3.05, 3.63) is 95.1 Å². The molecule has 3 nitrogen and oxygen atoms in total. The smallest absolute Gasteiger partial charge is 0.119 e. The van der Waals surface area contributed by atoms with Crippen LogP contribution in [-0.2, 0) is 10.8 Å². The van der Waals surface area contributed by atoms with Gasteiger partial charge < -0.3 is 4.74 Å². The van der Waals surface area contributed by atoms with Crippen LogP contribution >= 0.6 is 0 Å². The standard InChI is InChI=1S/C27H25NO2S/c1-18-15-19(2)26(20(3)16-18)31(29)27-22(10-9-21-7-5-6-8-25(21)27)17-28-23-11-13-24(30-4)14-12-23/h5-17H,1-4H3. The largest absolute Gasteiger partial charge is 0.497 e. The van der Waals surface area contributed by atoms with Gasteiger partial charge in [-0.25, -0.2) is 4.21 Å². The molecule has 0 heterocycles. The zero-order chi connectivity index (χ0) is 22.0. The molecule has 1 atom stereocenters. The second kappa shape index (κ2) is 8.86. The Morgan fingerprint density at radius 1 is 0.839 bits per heavy atom. The van der Waals surface area contributed by atoms with Gasteiger partial charge >= 0.3 is 0 Å². The van der Waals surface area contributed by atoms with Gasteiger partial charge in [-0.05, 0) is 66.9 Å². The second-order valence-electron chi connectivity index (χ2n) is 7.66. The van der Waals surface area contributed by atoms with E-state index in [-0.39, 0.29) is 0 Å². The minimum atomic E-state index is -1.34. The molecule has 0 aliphatic rings. The molecule has 0 aliphatic heterocycles. The molecule has 156 valence electrons. The average Bonchev–Trinajstić information content (AvgIpc) is 2.76. The van der Waals surface area contributed by atoms with Gasteiger partial charge in [-0.15, -0.1) is 0 Å². The van der Waals surface area contributed by atoms with E-state index < -0.39 is 10.8 Å². The van der Waals surface area contributed by atoms with Gasteiger partial charge in [-0.2, -0.15) is 0 Å². The van der Waals surface area contributed by atoms with Crippen LogP contribution in [0.5, 0.6) is 5.75 Å². The molecule has 0 saturated carbocycles. The fourth-order valence-corrected chi connectivity index (χ4v) is 5.57. The third-order valence-electron chi connectivity index (χ3n) is 5.31. The lowest BCUT2D eigenvalue weighted by Crippen LogP contribution is -2.04. The Morgan fingerprint density at radius 2 is 1.52 bits per heavy atom. The topological polar surface area (TPSA) is 38.7 Å². The van der Waals surface area contributed by atoms with Crippen LogP contribution in [0.15, 0.2) is 87.6 Å². The lowest BCUT2D eigenvalue weighted by Gasteiger charge is -2.15. The van der Waals surface area contributed by atoms with Gasteiger partial charge in [0.05, 0.1) is 28.5 Å². The maximum Gasteiger partial charge on any atom is 0.119 e. The monoisotopic (exact) mass is 427 g/mol. The molecule has 0 saturated heterocycles. The third-order valence-corrected chi connectivity index (χ3v) is 7.15. The maximum atomic E-state index is 14.0. The summed E-state index contributed by atoms with van der Waals surface area (Å²) in [5.41, 5.74) is 4.93. The van der Waals surface area contributed by atoms with E-state index in [1.807, 2.05) is 62.4 Å². The zero-order valence-electron chi connectivity index (χ0n) is 18.2. The second-order valence-corrected chi connectivity index (χ2v) is 9.01. The van der Waals surface area contributed by atoms with Crippen molar-refractivity contribution in [2.24, 2.45) is 4.99 Å². The van der Waals surface area contributed by atoms with Crippen LogP contribution in [0, 0.1) is 20.8 Å². The highest BCUT2D eigenvalue weighted by molar-refractivity contribution is 7.85. The van der Waals surface area contributed by atoms with Crippen LogP contribution < -0.4 is 4.74 Å². The van der Waals surface area contributed by atoms with Crippen molar-refractivity contribution in [2.75, 3.05) is 7.11 Å². The number of ether oxygens (including phenoxy) is 1. The van der Waals surface area contributed by atoms with E-state index in [2.05, 4.69) is 36.2 Å². The van der Waals surface area contributed by atoms with Crippen LogP contribution in [0.3, 0.4) is 0 Å². The van der Waals surface area contributed by atoms with Crippen molar-refractivity contribution in [1.82, 2.24) is 0 Å². The van der Waals surface area contributed by atoms with Crippen LogP contribution in [-0.4, -0.2) is 17.5 Å². The van der Waals surface area contributed by atoms with E-state index in [1.165, 1.54) is 5.56 Å². The lowest BCUT2D eigenvalue weighted by atomic mass is 10.1. The van der Waals surface area contributed by atoms with Crippen LogP contribution in [0.25, 0.3) is 10.8 Å². The molecule has 1 unspecified atom stereocenters. The lowest BCUT2D eigenvalue weighted by molar-refractivity contribution is 0.415. The highest BCUT2D eigenvalue weighted by Crippen LogP contribution is 2.32. The number of methoxy groups -OCH3 is 1. The van der Waals surface area contributed by atoms with Crippen LogP contribution in [0.2, 0.25) is 0 Å². The predicted molar refractivity (Wildman–Crippen MR) is 130 cm³/mol. The summed E-state index contributed by atoms with van der Waals surface area (Å²) in [5, 5.41) is 2.05. The van der Waals surface area contributed by atoms with Gasteiger partial charge in [0.25, 0.3) is 0 Å². The molecule has 0 fully saturated rings. The SMILES string of the molecule is COc1ccc(N=Cc2ccc3ccccc3c2S(=O)c2c(C)cc(C)cc2C)cc1. The van der Waals surface area contributed by atoms with Gasteiger partial charge in [-0.1, -0.05) is 54.1 Å². The molecular weight excluding hydrogens is 402 g/mol. The molecule has 4 heteroatoms. The van der Waals surface area contributed by atoms with Gasteiger partial charge in [0, 0.05) is 16.7 Å². The molecule has 0 radical (unpaired) electrons. The quantitative estimate of drug-likeness (QED) is 0.333. The van der Waals surface area contributed by atoms with Crippen molar-refractivity contribution < 1.29 is 8.95 Å². The van der Waals surface area contributed by atoms with E-state index >= 15 is 0 Å². The number of rotatable bonds is 5. The Kier molecular flexibility index (Phi) is 6.01. The molecule has 0 amide bonds. The van der Waals surface area contributed by atoms with Crippen molar-refractivity contribution in [3.63, 3.8) is 0 Å². The Hall–Kier alpha value is -3.24. The molecule has 4 rings (SSSR count).